The molecule has 11 heteroatoms. The molecule has 0 saturated carbocycles. The van der Waals surface area contributed by atoms with E-state index in [0.717, 1.165) is 63.5 Å². The van der Waals surface area contributed by atoms with Crippen molar-refractivity contribution in [2.75, 3.05) is 37.7 Å². The average molecular weight is 715 g/mol. The topological polar surface area (TPSA) is 68.2 Å². The van der Waals surface area contributed by atoms with Gasteiger partial charge in [0, 0.05) is 41.5 Å². The van der Waals surface area contributed by atoms with Crippen LogP contribution in [0, 0.1) is 11.7 Å². The van der Waals surface area contributed by atoms with Gasteiger partial charge < -0.3 is 4.90 Å². The van der Waals surface area contributed by atoms with E-state index in [1.807, 2.05) is 35.3 Å². The average Bonchev–Trinajstić information content (AvgIpc) is 3.52. The molecule has 256 valence electrons. The number of likely N-dealkylation sites (tertiary alicyclic amines) is 1. The van der Waals surface area contributed by atoms with Crippen LogP contribution < -0.4 is 10.4 Å². The molecule has 48 heavy (non-hydrogen) atoms. The van der Waals surface area contributed by atoms with E-state index in [2.05, 4.69) is 22.4 Å². The Balaban J connectivity index is 0.000000206. The molecule has 3 aromatic carbocycles. The van der Waals surface area contributed by atoms with E-state index in [0.29, 0.717) is 44.9 Å². The standard InChI is InChI=1S/C21H21Cl3N4O.C16H22FNO/c22-15-6-4-14(5-7-15)20-13-18(21(29)26-27-10-2-1-3-11-27)25-28(20)19-9-8-16(23)12-17(19)24;1-13-8-11-18(12-9-13)10-2-3-16(19)14-4-6-15(17)7-5-14/h4-9,12,20H,1-3,10-11,13H2,(H,26,29);4-7,13H,2-3,8-12H2,1H3. The number of Topliss-reactive ketones (excluding diaryl/α,β-unsaturated/α-hetero) is 1. The van der Waals surface area contributed by atoms with Gasteiger partial charge in [-0.15, -0.1) is 0 Å². The van der Waals surface area contributed by atoms with E-state index in [1.165, 1.54) is 31.4 Å². The van der Waals surface area contributed by atoms with Crippen LogP contribution in [0.2, 0.25) is 15.1 Å². The Morgan fingerprint density at radius 3 is 2.21 bits per heavy atom. The summed E-state index contributed by atoms with van der Waals surface area (Å²) in [4.78, 5) is 27.2. The van der Waals surface area contributed by atoms with E-state index in [1.54, 1.807) is 29.3 Å². The number of piperidine rings is 2. The maximum Gasteiger partial charge on any atom is 0.281 e. The molecule has 3 aliphatic rings. The summed E-state index contributed by atoms with van der Waals surface area (Å²) in [5.74, 6) is 0.500. The van der Waals surface area contributed by atoms with E-state index in [9.17, 15) is 14.0 Å². The fraction of sp³-hybridized carbons (Fsp3) is 0.432. The van der Waals surface area contributed by atoms with Gasteiger partial charge in [-0.1, -0.05) is 60.3 Å². The third kappa shape index (κ3) is 10.3. The van der Waals surface area contributed by atoms with Gasteiger partial charge in [0.05, 0.1) is 16.8 Å². The zero-order valence-corrected chi connectivity index (χ0v) is 29.6. The number of halogens is 4. The number of rotatable bonds is 9. The smallest absolute Gasteiger partial charge is 0.281 e. The highest BCUT2D eigenvalue weighted by molar-refractivity contribution is 6.40. The molecule has 6 rings (SSSR count). The molecule has 1 amide bonds. The van der Waals surface area contributed by atoms with Crippen molar-refractivity contribution in [3.8, 4) is 0 Å². The van der Waals surface area contributed by atoms with Crippen LogP contribution in [0.15, 0.2) is 71.8 Å². The lowest BCUT2D eigenvalue weighted by atomic mass is 9.99. The highest BCUT2D eigenvalue weighted by Gasteiger charge is 2.34. The highest BCUT2D eigenvalue weighted by atomic mass is 35.5. The molecule has 1 unspecified atom stereocenters. The molecular weight excluding hydrogens is 672 g/mol. The fourth-order valence-electron chi connectivity index (χ4n) is 6.22. The first-order valence-corrected chi connectivity index (χ1v) is 17.9. The van der Waals surface area contributed by atoms with Gasteiger partial charge >= 0.3 is 0 Å². The summed E-state index contributed by atoms with van der Waals surface area (Å²) in [6, 6.07) is 18.5. The predicted molar refractivity (Wildman–Crippen MR) is 194 cm³/mol. The Hall–Kier alpha value is -3.01. The van der Waals surface area contributed by atoms with E-state index >= 15 is 0 Å². The van der Waals surface area contributed by atoms with Crippen LogP contribution in [0.5, 0.6) is 0 Å². The van der Waals surface area contributed by atoms with Gasteiger partial charge in [0.25, 0.3) is 5.91 Å². The van der Waals surface area contributed by atoms with Crippen molar-refractivity contribution in [1.29, 1.82) is 0 Å². The SMILES string of the molecule is CC1CCN(CCCC(=O)c2ccc(F)cc2)CC1.O=C(NN1CCCCC1)C1=NN(c2ccc(Cl)cc2Cl)C(c2ccc(Cl)cc2)C1. The number of hydrogen-bond acceptors (Lipinski definition) is 6. The molecule has 7 nitrogen and oxygen atoms in total. The third-order valence-electron chi connectivity index (χ3n) is 9.12. The first-order chi connectivity index (χ1) is 23.2. The molecule has 2 saturated heterocycles. The Labute approximate surface area is 298 Å². The molecule has 0 bridgehead atoms. The summed E-state index contributed by atoms with van der Waals surface area (Å²) >= 11 is 18.6. The van der Waals surface area contributed by atoms with Crippen molar-refractivity contribution >= 4 is 57.9 Å². The fourth-order valence-corrected chi connectivity index (χ4v) is 6.85. The quantitative estimate of drug-likeness (QED) is 0.224. The van der Waals surface area contributed by atoms with Crippen LogP contribution >= 0.6 is 34.8 Å². The van der Waals surface area contributed by atoms with Gasteiger partial charge in [0.15, 0.2) is 5.78 Å². The lowest BCUT2D eigenvalue weighted by Gasteiger charge is -2.29. The maximum atomic E-state index is 12.9. The number of anilines is 1. The van der Waals surface area contributed by atoms with Crippen molar-refractivity contribution in [2.45, 2.75) is 64.3 Å². The summed E-state index contributed by atoms with van der Waals surface area (Å²) in [5.41, 5.74) is 5.80. The predicted octanol–water partition coefficient (Wildman–Crippen LogP) is 8.99. The highest BCUT2D eigenvalue weighted by Crippen LogP contribution is 2.40. The Kier molecular flexibility index (Phi) is 13.3. The minimum Gasteiger partial charge on any atom is -0.303 e. The van der Waals surface area contributed by atoms with Gasteiger partial charge in [-0.05, 0) is 118 Å². The molecule has 0 aliphatic carbocycles. The van der Waals surface area contributed by atoms with Gasteiger partial charge in [0.2, 0.25) is 0 Å². The van der Waals surface area contributed by atoms with Gasteiger partial charge in [-0.3, -0.25) is 20.0 Å². The van der Waals surface area contributed by atoms with Gasteiger partial charge in [-0.2, -0.15) is 5.10 Å². The molecule has 0 spiro atoms. The molecule has 3 aromatic rings. The van der Waals surface area contributed by atoms with Crippen LogP contribution in [0.1, 0.15) is 80.3 Å². The minimum atomic E-state index is -0.293. The minimum absolute atomic E-state index is 0.116. The first kappa shape index (κ1) is 36.3. The van der Waals surface area contributed by atoms with Crippen LogP contribution in [0.25, 0.3) is 0 Å². The summed E-state index contributed by atoms with van der Waals surface area (Å²) in [5, 5.41) is 10.1. The number of nitrogens with one attached hydrogen (secondary N) is 1. The van der Waals surface area contributed by atoms with Crippen molar-refractivity contribution in [3.63, 3.8) is 0 Å². The first-order valence-electron chi connectivity index (χ1n) is 16.8. The van der Waals surface area contributed by atoms with Gasteiger partial charge in [-0.25, -0.2) is 9.40 Å². The molecule has 3 aliphatic heterocycles. The Morgan fingerprint density at radius 1 is 0.875 bits per heavy atom. The van der Waals surface area contributed by atoms with Crippen molar-refractivity contribution < 1.29 is 14.0 Å². The molecular formula is C37H43Cl3FN5O2. The summed E-state index contributed by atoms with van der Waals surface area (Å²) in [7, 11) is 0. The van der Waals surface area contributed by atoms with E-state index in [4.69, 9.17) is 34.8 Å². The van der Waals surface area contributed by atoms with Crippen molar-refractivity contribution in [3.05, 3.63) is 98.7 Å². The Bertz CT molecular complexity index is 1560. The van der Waals surface area contributed by atoms with E-state index < -0.39 is 0 Å². The maximum absolute atomic E-state index is 12.9. The second-order valence-corrected chi connectivity index (χ2v) is 14.1. The molecule has 2 fully saturated rings. The molecule has 3 heterocycles. The molecule has 0 radical (unpaired) electrons. The second-order valence-electron chi connectivity index (χ2n) is 12.8. The monoisotopic (exact) mass is 713 g/mol. The molecule has 1 atom stereocenters. The second kappa shape index (κ2) is 17.6. The van der Waals surface area contributed by atoms with Crippen molar-refractivity contribution in [1.82, 2.24) is 15.3 Å². The zero-order valence-electron chi connectivity index (χ0n) is 27.3. The number of hydrogen-bond donors (Lipinski definition) is 1. The Morgan fingerprint density at radius 2 is 1.54 bits per heavy atom. The normalized spacial score (nSPS) is 19.0. The number of hydrazine groups is 1. The van der Waals surface area contributed by atoms with Gasteiger partial charge in [0.1, 0.15) is 11.5 Å². The van der Waals surface area contributed by atoms with Crippen LogP contribution in [0.3, 0.4) is 0 Å². The number of carbonyl (C=O) groups is 2. The van der Waals surface area contributed by atoms with Crippen LogP contribution in [-0.2, 0) is 4.79 Å². The van der Waals surface area contributed by atoms with Crippen LogP contribution in [-0.4, -0.2) is 60.0 Å². The number of benzene rings is 3. The summed E-state index contributed by atoms with van der Waals surface area (Å²) in [6.07, 6.45) is 7.84. The lowest BCUT2D eigenvalue weighted by molar-refractivity contribution is -0.119. The summed E-state index contributed by atoms with van der Waals surface area (Å²) in [6.45, 7) is 7.35. The number of carbonyl (C=O) groups excluding carboxylic acids is 2. The lowest BCUT2D eigenvalue weighted by Crippen LogP contribution is -2.47. The van der Waals surface area contributed by atoms with E-state index in [-0.39, 0.29) is 23.5 Å². The third-order valence-corrected chi connectivity index (χ3v) is 9.91. The number of amides is 1. The van der Waals surface area contributed by atoms with Crippen molar-refractivity contribution in [2.24, 2.45) is 11.0 Å². The van der Waals surface area contributed by atoms with Crippen LogP contribution in [0.4, 0.5) is 10.1 Å². The summed E-state index contributed by atoms with van der Waals surface area (Å²) < 4.78 is 12.8. The largest absolute Gasteiger partial charge is 0.303 e. The molecule has 0 aromatic heterocycles. The zero-order chi connectivity index (χ0) is 34.0. The molecule has 1 N–H and O–H groups in total. The number of hydrazone groups is 1. The number of nitrogens with zero attached hydrogens (tertiary/aromatic N) is 4. The number of ketones is 1.